The first kappa shape index (κ1) is 22.8. The normalized spacial score (nSPS) is 14.5. The van der Waals surface area contributed by atoms with Crippen LogP contribution in [0.4, 0.5) is 0 Å². The Morgan fingerprint density at radius 1 is 1.09 bits per heavy atom. The average Bonchev–Trinajstić information content (AvgIpc) is 3.12. The molecule has 0 spiro atoms. The summed E-state index contributed by atoms with van der Waals surface area (Å²) >= 11 is 0. The van der Waals surface area contributed by atoms with Crippen LogP contribution in [-0.2, 0) is 11.3 Å². The molecule has 1 saturated heterocycles. The van der Waals surface area contributed by atoms with Crippen molar-refractivity contribution < 1.29 is 14.3 Å². The molecule has 0 unspecified atom stereocenters. The van der Waals surface area contributed by atoms with Gasteiger partial charge in [0.05, 0.1) is 30.1 Å². The third kappa shape index (κ3) is 5.17. The quantitative estimate of drug-likeness (QED) is 0.599. The Kier molecular flexibility index (Phi) is 6.93. The lowest BCUT2D eigenvalue weighted by molar-refractivity contribution is -0.131. The molecule has 4 rings (SSSR count). The lowest BCUT2D eigenvalue weighted by Crippen LogP contribution is -2.51. The lowest BCUT2D eigenvalue weighted by Gasteiger charge is -2.34. The number of benzene rings is 1. The van der Waals surface area contributed by atoms with Crippen molar-refractivity contribution in [3.05, 3.63) is 65.1 Å². The van der Waals surface area contributed by atoms with Crippen LogP contribution in [0.3, 0.4) is 0 Å². The van der Waals surface area contributed by atoms with Gasteiger partial charge in [0.15, 0.2) is 0 Å². The van der Waals surface area contributed by atoms with E-state index in [-0.39, 0.29) is 18.4 Å². The van der Waals surface area contributed by atoms with E-state index in [1.54, 1.807) is 18.2 Å². The predicted octanol–water partition coefficient (Wildman–Crippen LogP) is 2.42. The molecule has 3 aromatic rings. The third-order valence-corrected chi connectivity index (χ3v) is 6.01. The summed E-state index contributed by atoms with van der Waals surface area (Å²) in [4.78, 5) is 34.1. The number of rotatable bonds is 7. The Labute approximate surface area is 194 Å². The van der Waals surface area contributed by atoms with E-state index in [9.17, 15) is 9.59 Å². The summed E-state index contributed by atoms with van der Waals surface area (Å²) in [5.74, 6) is 0.152. The molecule has 0 radical (unpaired) electrons. The molecule has 1 N–H and O–H groups in total. The molecule has 2 amide bonds. The second-order valence-corrected chi connectivity index (χ2v) is 8.34. The van der Waals surface area contributed by atoms with Gasteiger partial charge in [-0.25, -0.2) is 4.98 Å². The van der Waals surface area contributed by atoms with Crippen LogP contribution in [0.25, 0.3) is 5.65 Å². The fourth-order valence-corrected chi connectivity index (χ4v) is 4.17. The summed E-state index contributed by atoms with van der Waals surface area (Å²) in [5.41, 5.74) is 4.83. The van der Waals surface area contributed by atoms with Gasteiger partial charge in [0.1, 0.15) is 11.4 Å². The van der Waals surface area contributed by atoms with E-state index in [0.717, 1.165) is 31.0 Å². The molecule has 3 heterocycles. The van der Waals surface area contributed by atoms with Crippen molar-refractivity contribution in [2.75, 3.05) is 39.3 Å². The molecule has 0 atom stereocenters. The highest BCUT2D eigenvalue weighted by atomic mass is 16.5. The molecule has 1 aliphatic rings. The maximum atomic E-state index is 12.7. The van der Waals surface area contributed by atoms with Crippen molar-refractivity contribution in [3.8, 4) is 5.75 Å². The monoisotopic (exact) mass is 449 g/mol. The van der Waals surface area contributed by atoms with Crippen molar-refractivity contribution in [1.82, 2.24) is 24.5 Å². The number of aryl methyl sites for hydroxylation is 2. The summed E-state index contributed by atoms with van der Waals surface area (Å²) < 4.78 is 7.66. The summed E-state index contributed by atoms with van der Waals surface area (Å²) in [6.45, 7) is 10.1. The van der Waals surface area contributed by atoms with Crippen molar-refractivity contribution >= 4 is 17.5 Å². The van der Waals surface area contributed by atoms with Crippen LogP contribution in [-0.4, -0.2) is 70.3 Å². The van der Waals surface area contributed by atoms with E-state index >= 15 is 0 Å². The second kappa shape index (κ2) is 10.0. The predicted molar refractivity (Wildman–Crippen MR) is 126 cm³/mol. The van der Waals surface area contributed by atoms with Gasteiger partial charge in [-0.3, -0.25) is 14.5 Å². The Morgan fingerprint density at radius 2 is 1.85 bits per heavy atom. The number of aromatic nitrogens is 2. The number of amides is 2. The molecule has 33 heavy (non-hydrogen) atoms. The smallest absolute Gasteiger partial charge is 0.255 e. The van der Waals surface area contributed by atoms with Crippen LogP contribution in [0.15, 0.2) is 42.6 Å². The zero-order chi connectivity index (χ0) is 23.4. The summed E-state index contributed by atoms with van der Waals surface area (Å²) in [6.07, 6.45) is 2.08. The number of hydrogen-bond donors (Lipinski definition) is 1. The number of para-hydroxylation sites is 1. The van der Waals surface area contributed by atoms with E-state index in [0.29, 0.717) is 31.0 Å². The zero-order valence-electron chi connectivity index (χ0n) is 19.5. The van der Waals surface area contributed by atoms with E-state index in [4.69, 9.17) is 4.74 Å². The Morgan fingerprint density at radius 3 is 2.61 bits per heavy atom. The Hall–Kier alpha value is -3.39. The van der Waals surface area contributed by atoms with E-state index in [1.807, 2.05) is 24.8 Å². The highest BCUT2D eigenvalue weighted by Gasteiger charge is 2.23. The molecule has 1 aromatic carbocycles. The van der Waals surface area contributed by atoms with Gasteiger partial charge in [0.25, 0.3) is 5.91 Å². The molecular formula is C25H31N5O3. The molecule has 0 aliphatic carbocycles. The summed E-state index contributed by atoms with van der Waals surface area (Å²) in [5, 5.41) is 2.74. The van der Waals surface area contributed by atoms with Crippen molar-refractivity contribution in [2.45, 2.75) is 27.3 Å². The number of imidazole rings is 1. The first-order valence-electron chi connectivity index (χ1n) is 11.4. The minimum Gasteiger partial charge on any atom is -0.493 e. The topological polar surface area (TPSA) is 79.2 Å². The van der Waals surface area contributed by atoms with Crippen LogP contribution >= 0.6 is 0 Å². The number of carbonyl (C=O) groups is 2. The zero-order valence-corrected chi connectivity index (χ0v) is 19.5. The highest BCUT2D eigenvalue weighted by Crippen LogP contribution is 2.18. The molecule has 1 aliphatic heterocycles. The molecule has 8 nitrogen and oxygen atoms in total. The number of fused-ring (bicyclic) bond motifs is 1. The van der Waals surface area contributed by atoms with Crippen molar-refractivity contribution in [1.29, 1.82) is 0 Å². The van der Waals surface area contributed by atoms with E-state index in [2.05, 4.69) is 44.9 Å². The number of carbonyl (C=O) groups excluding carboxylic acids is 2. The third-order valence-electron chi connectivity index (χ3n) is 6.01. The second-order valence-electron chi connectivity index (χ2n) is 8.34. The first-order chi connectivity index (χ1) is 16.0. The van der Waals surface area contributed by atoms with Crippen LogP contribution < -0.4 is 10.1 Å². The van der Waals surface area contributed by atoms with Gasteiger partial charge in [0, 0.05) is 38.9 Å². The Bertz CT molecular complexity index is 1150. The van der Waals surface area contributed by atoms with Crippen molar-refractivity contribution in [3.63, 3.8) is 0 Å². The highest BCUT2D eigenvalue weighted by molar-refractivity contribution is 5.98. The van der Waals surface area contributed by atoms with Crippen LogP contribution in [0.2, 0.25) is 0 Å². The van der Waals surface area contributed by atoms with Crippen LogP contribution in [0, 0.1) is 13.8 Å². The summed E-state index contributed by atoms with van der Waals surface area (Å²) in [7, 11) is 0. The van der Waals surface area contributed by atoms with Gasteiger partial charge >= 0.3 is 0 Å². The maximum Gasteiger partial charge on any atom is 0.255 e. The van der Waals surface area contributed by atoms with E-state index in [1.165, 1.54) is 11.3 Å². The minimum atomic E-state index is -0.302. The number of nitrogens with zero attached hydrogens (tertiary/aromatic N) is 4. The number of hydrogen-bond acceptors (Lipinski definition) is 5. The molecule has 0 bridgehead atoms. The number of ether oxygens (including phenoxy) is 1. The molecule has 174 valence electrons. The van der Waals surface area contributed by atoms with Gasteiger partial charge in [0.2, 0.25) is 5.91 Å². The molecule has 1 fully saturated rings. The van der Waals surface area contributed by atoms with E-state index < -0.39 is 0 Å². The van der Waals surface area contributed by atoms with Crippen LogP contribution in [0.5, 0.6) is 5.75 Å². The standard InChI is InChI=1S/C25H31N5O3/c1-4-33-22-8-6-5-7-20(22)25(32)26-16-24(31)29-13-11-28(12-14-29)17-21-19(3)27-23-15-18(2)9-10-30(21)23/h5-10,15H,4,11-14,16-17H2,1-3H3,(H,26,32). The fraction of sp³-hybridized carbons (Fsp3) is 0.400. The number of pyridine rings is 1. The van der Waals surface area contributed by atoms with Gasteiger partial charge in [-0.2, -0.15) is 0 Å². The first-order valence-corrected chi connectivity index (χ1v) is 11.4. The van der Waals surface area contributed by atoms with Crippen LogP contribution in [0.1, 0.15) is 34.2 Å². The summed E-state index contributed by atoms with van der Waals surface area (Å²) in [6, 6.07) is 11.2. The SMILES string of the molecule is CCOc1ccccc1C(=O)NCC(=O)N1CCN(Cc2c(C)nc3cc(C)ccn23)CC1. The van der Waals surface area contributed by atoms with Crippen molar-refractivity contribution in [2.24, 2.45) is 0 Å². The number of nitrogens with one attached hydrogen (secondary N) is 1. The fourth-order valence-electron chi connectivity index (χ4n) is 4.17. The van der Waals surface area contributed by atoms with Gasteiger partial charge in [-0.15, -0.1) is 0 Å². The largest absolute Gasteiger partial charge is 0.493 e. The molecule has 8 heteroatoms. The number of piperazine rings is 1. The van der Waals surface area contributed by atoms with Gasteiger partial charge < -0.3 is 19.4 Å². The molecular weight excluding hydrogens is 418 g/mol. The van der Waals surface area contributed by atoms with Gasteiger partial charge in [-0.1, -0.05) is 12.1 Å². The molecule has 0 saturated carbocycles. The average molecular weight is 450 g/mol. The Balaban J connectivity index is 1.29. The minimum absolute atomic E-state index is 0.0228. The van der Waals surface area contributed by atoms with Gasteiger partial charge in [-0.05, 0) is 50.6 Å². The lowest BCUT2D eigenvalue weighted by atomic mass is 10.2. The molecule has 2 aromatic heterocycles. The maximum absolute atomic E-state index is 12.7.